The van der Waals surface area contributed by atoms with Crippen molar-refractivity contribution in [2.75, 3.05) is 16.8 Å². The third kappa shape index (κ3) is 3.48. The van der Waals surface area contributed by atoms with Crippen molar-refractivity contribution in [3.05, 3.63) is 64.3 Å². The van der Waals surface area contributed by atoms with Gasteiger partial charge in [0, 0.05) is 10.7 Å². The van der Waals surface area contributed by atoms with Crippen molar-refractivity contribution in [3.63, 3.8) is 0 Å². The molecule has 0 saturated heterocycles. The van der Waals surface area contributed by atoms with Gasteiger partial charge >= 0.3 is 0 Å². The lowest BCUT2D eigenvalue weighted by atomic mass is 10.2. The summed E-state index contributed by atoms with van der Waals surface area (Å²) in [4.78, 5) is 26.0. The molecule has 0 unspecified atom stereocenters. The molecule has 128 valence electrons. The molecule has 3 rings (SSSR count). The lowest BCUT2D eigenvalue weighted by Crippen LogP contribution is -2.32. The van der Waals surface area contributed by atoms with E-state index < -0.39 is 11.8 Å². The molecule has 1 aliphatic heterocycles. The molecule has 1 N–H and O–H groups in total. The minimum absolute atomic E-state index is 0.0239. The van der Waals surface area contributed by atoms with E-state index in [9.17, 15) is 9.59 Å². The van der Waals surface area contributed by atoms with Crippen molar-refractivity contribution >= 4 is 46.4 Å². The minimum Gasteiger partial charge on any atom is -0.494 e. The van der Waals surface area contributed by atoms with Gasteiger partial charge in [0.2, 0.25) is 0 Å². The van der Waals surface area contributed by atoms with Gasteiger partial charge in [-0.3, -0.25) is 9.59 Å². The summed E-state index contributed by atoms with van der Waals surface area (Å²) >= 11 is 12.0. The van der Waals surface area contributed by atoms with Crippen LogP contribution in [0.4, 0.5) is 11.4 Å². The quantitative estimate of drug-likeness (QED) is 0.795. The van der Waals surface area contributed by atoms with Crippen LogP contribution in [0.5, 0.6) is 5.75 Å². The highest BCUT2D eigenvalue weighted by Crippen LogP contribution is 2.31. The molecule has 0 aliphatic carbocycles. The molecule has 2 aromatic rings. The molecular weight excluding hydrogens is 363 g/mol. The van der Waals surface area contributed by atoms with Crippen LogP contribution in [0.1, 0.15) is 6.92 Å². The van der Waals surface area contributed by atoms with E-state index in [-0.39, 0.29) is 10.7 Å². The Bertz CT molecular complexity index is 863. The first-order valence-corrected chi connectivity index (χ1v) is 8.31. The fraction of sp³-hybridized carbons (Fsp3) is 0.111. The molecule has 0 radical (unpaired) electrons. The average molecular weight is 377 g/mol. The van der Waals surface area contributed by atoms with Gasteiger partial charge in [-0.2, -0.15) is 0 Å². The molecule has 0 aromatic heterocycles. The summed E-state index contributed by atoms with van der Waals surface area (Å²) in [6.45, 7) is 2.45. The number of amides is 2. The molecule has 7 heteroatoms. The average Bonchev–Trinajstić information content (AvgIpc) is 2.80. The maximum absolute atomic E-state index is 12.6. The Kier molecular flexibility index (Phi) is 4.97. The maximum atomic E-state index is 12.6. The summed E-state index contributed by atoms with van der Waals surface area (Å²) in [5, 5.41) is 3.15. The number of imide groups is 1. The standard InChI is InChI=1S/C18H14Cl2N2O3/c1-2-25-14-8-6-12(7-9-14)21-16-15(20)17(23)22(18(16)24)13-5-3-4-11(19)10-13/h3-10,21H,2H2,1H3. The monoisotopic (exact) mass is 376 g/mol. The second-order valence-corrected chi connectivity index (χ2v) is 6.01. The number of hydrogen-bond donors (Lipinski definition) is 1. The maximum Gasteiger partial charge on any atom is 0.283 e. The summed E-state index contributed by atoms with van der Waals surface area (Å²) in [5.41, 5.74) is 1.01. The van der Waals surface area contributed by atoms with Crippen LogP contribution >= 0.6 is 23.2 Å². The molecule has 0 bridgehead atoms. The van der Waals surface area contributed by atoms with E-state index in [1.807, 2.05) is 6.92 Å². The zero-order chi connectivity index (χ0) is 18.0. The Hall–Kier alpha value is -2.50. The van der Waals surface area contributed by atoms with E-state index in [1.165, 1.54) is 6.07 Å². The number of benzene rings is 2. The first kappa shape index (κ1) is 17.3. The fourth-order valence-electron chi connectivity index (χ4n) is 2.41. The van der Waals surface area contributed by atoms with Crippen molar-refractivity contribution < 1.29 is 14.3 Å². The SMILES string of the molecule is CCOc1ccc(NC2=C(Cl)C(=O)N(c3cccc(Cl)c3)C2=O)cc1. The molecule has 25 heavy (non-hydrogen) atoms. The van der Waals surface area contributed by atoms with Crippen LogP contribution in [0.15, 0.2) is 59.3 Å². The number of halogens is 2. The smallest absolute Gasteiger partial charge is 0.283 e. The fourth-order valence-corrected chi connectivity index (χ4v) is 2.80. The highest BCUT2D eigenvalue weighted by molar-refractivity contribution is 6.53. The predicted molar refractivity (Wildman–Crippen MR) is 98.1 cm³/mol. The van der Waals surface area contributed by atoms with Gasteiger partial charge in [0.05, 0.1) is 12.3 Å². The van der Waals surface area contributed by atoms with Gasteiger partial charge in [0.15, 0.2) is 0 Å². The lowest BCUT2D eigenvalue weighted by molar-refractivity contribution is -0.120. The van der Waals surface area contributed by atoms with Crippen LogP contribution in [0.2, 0.25) is 5.02 Å². The number of carbonyl (C=O) groups is 2. The van der Waals surface area contributed by atoms with Gasteiger partial charge in [-0.15, -0.1) is 0 Å². The highest BCUT2D eigenvalue weighted by Gasteiger charge is 2.38. The molecule has 0 saturated carbocycles. The van der Waals surface area contributed by atoms with Crippen LogP contribution in [-0.2, 0) is 9.59 Å². The summed E-state index contributed by atoms with van der Waals surface area (Å²) < 4.78 is 5.37. The third-order valence-corrected chi connectivity index (χ3v) is 4.11. The van der Waals surface area contributed by atoms with Crippen molar-refractivity contribution in [3.8, 4) is 5.75 Å². The molecule has 1 heterocycles. The Labute approximate surface area is 154 Å². The number of hydrogen-bond acceptors (Lipinski definition) is 4. The normalized spacial score (nSPS) is 14.3. The van der Waals surface area contributed by atoms with E-state index in [0.717, 1.165) is 4.90 Å². The first-order valence-electron chi connectivity index (χ1n) is 7.55. The van der Waals surface area contributed by atoms with Crippen LogP contribution in [-0.4, -0.2) is 18.4 Å². The van der Waals surface area contributed by atoms with Crippen LogP contribution < -0.4 is 15.0 Å². The van der Waals surface area contributed by atoms with E-state index in [1.54, 1.807) is 42.5 Å². The van der Waals surface area contributed by atoms with Gasteiger partial charge in [-0.25, -0.2) is 4.90 Å². The van der Waals surface area contributed by atoms with Gasteiger partial charge in [0.25, 0.3) is 11.8 Å². The van der Waals surface area contributed by atoms with Crippen molar-refractivity contribution in [2.45, 2.75) is 6.92 Å². The molecule has 0 fully saturated rings. The Morgan fingerprint density at radius 3 is 2.40 bits per heavy atom. The number of rotatable bonds is 5. The number of nitrogens with zero attached hydrogens (tertiary/aromatic N) is 1. The van der Waals surface area contributed by atoms with Crippen molar-refractivity contribution in [1.82, 2.24) is 0 Å². The van der Waals surface area contributed by atoms with Crippen LogP contribution in [0.3, 0.4) is 0 Å². The van der Waals surface area contributed by atoms with Gasteiger partial charge in [-0.05, 0) is 49.4 Å². The summed E-state index contributed by atoms with van der Waals surface area (Å²) in [6.07, 6.45) is 0. The van der Waals surface area contributed by atoms with Crippen LogP contribution in [0, 0.1) is 0 Å². The zero-order valence-electron chi connectivity index (χ0n) is 13.3. The van der Waals surface area contributed by atoms with E-state index in [4.69, 9.17) is 27.9 Å². The Morgan fingerprint density at radius 1 is 1.04 bits per heavy atom. The van der Waals surface area contributed by atoms with E-state index in [0.29, 0.717) is 28.8 Å². The van der Waals surface area contributed by atoms with Gasteiger partial charge in [0.1, 0.15) is 16.5 Å². The molecule has 1 aliphatic rings. The predicted octanol–water partition coefficient (Wildman–Crippen LogP) is 4.17. The zero-order valence-corrected chi connectivity index (χ0v) is 14.8. The minimum atomic E-state index is -0.595. The second-order valence-electron chi connectivity index (χ2n) is 5.20. The summed E-state index contributed by atoms with van der Waals surface area (Å²) in [7, 11) is 0. The number of nitrogens with one attached hydrogen (secondary N) is 1. The van der Waals surface area contributed by atoms with Gasteiger partial charge < -0.3 is 10.1 Å². The molecule has 2 aromatic carbocycles. The Morgan fingerprint density at radius 2 is 1.76 bits per heavy atom. The topological polar surface area (TPSA) is 58.6 Å². The molecule has 0 spiro atoms. The van der Waals surface area contributed by atoms with Crippen LogP contribution in [0.25, 0.3) is 0 Å². The Balaban J connectivity index is 1.84. The molecule has 2 amide bonds. The highest BCUT2D eigenvalue weighted by atomic mass is 35.5. The third-order valence-electron chi connectivity index (χ3n) is 3.53. The second kappa shape index (κ2) is 7.17. The summed E-state index contributed by atoms with van der Waals surface area (Å²) in [6, 6.07) is 13.5. The van der Waals surface area contributed by atoms with Crippen molar-refractivity contribution in [1.29, 1.82) is 0 Å². The molecule has 5 nitrogen and oxygen atoms in total. The van der Waals surface area contributed by atoms with Crippen molar-refractivity contribution in [2.24, 2.45) is 0 Å². The first-order chi connectivity index (χ1) is 12.0. The van der Waals surface area contributed by atoms with E-state index >= 15 is 0 Å². The summed E-state index contributed by atoms with van der Waals surface area (Å²) in [5.74, 6) is -0.420. The number of anilines is 2. The van der Waals surface area contributed by atoms with E-state index in [2.05, 4.69) is 5.32 Å². The molecule has 0 atom stereocenters. The largest absolute Gasteiger partial charge is 0.494 e. The molecular formula is C18H14Cl2N2O3. The lowest BCUT2D eigenvalue weighted by Gasteiger charge is -2.15. The number of ether oxygens (including phenoxy) is 1. The van der Waals surface area contributed by atoms with Gasteiger partial charge in [-0.1, -0.05) is 29.3 Å². The number of carbonyl (C=O) groups excluding carboxylic acids is 2.